The van der Waals surface area contributed by atoms with Gasteiger partial charge in [-0.3, -0.25) is 5.43 Å². The highest BCUT2D eigenvalue weighted by Gasteiger charge is 1.97. The maximum atomic E-state index is 5.84. The van der Waals surface area contributed by atoms with E-state index in [4.69, 9.17) is 4.74 Å². The fourth-order valence-electron chi connectivity index (χ4n) is 2.25. The van der Waals surface area contributed by atoms with Crippen molar-refractivity contribution in [3.8, 4) is 11.5 Å². The highest BCUT2D eigenvalue weighted by Crippen LogP contribution is 2.22. The molecule has 0 aliphatic rings. The Labute approximate surface area is 142 Å². The Morgan fingerprint density at radius 2 is 1.54 bits per heavy atom. The molecule has 0 fully saturated rings. The topological polar surface area (TPSA) is 33.6 Å². The van der Waals surface area contributed by atoms with Crippen molar-refractivity contribution >= 4 is 11.9 Å². The first-order chi connectivity index (χ1) is 11.7. The molecule has 3 rings (SSSR count). The molecule has 3 heteroatoms. The number of nitrogens with one attached hydrogen (secondary N) is 1. The lowest BCUT2D eigenvalue weighted by Crippen LogP contribution is -1.91. The average molecular weight is 316 g/mol. The summed E-state index contributed by atoms with van der Waals surface area (Å²) < 4.78 is 5.84. The van der Waals surface area contributed by atoms with Gasteiger partial charge in [0.2, 0.25) is 0 Å². The molecule has 120 valence electrons. The van der Waals surface area contributed by atoms with Crippen molar-refractivity contribution in [2.24, 2.45) is 5.10 Å². The number of ether oxygens (including phenoxy) is 1. The fraction of sp³-hybridized carbons (Fsp3) is 0.0952. The van der Waals surface area contributed by atoms with E-state index in [1.54, 1.807) is 6.21 Å². The number of rotatable bonds is 5. The van der Waals surface area contributed by atoms with E-state index in [0.29, 0.717) is 0 Å². The van der Waals surface area contributed by atoms with E-state index in [1.807, 2.05) is 67.6 Å². The highest BCUT2D eigenvalue weighted by molar-refractivity contribution is 5.80. The first kappa shape index (κ1) is 15.8. The average Bonchev–Trinajstić information content (AvgIpc) is 2.58. The van der Waals surface area contributed by atoms with Gasteiger partial charge >= 0.3 is 0 Å². The van der Waals surface area contributed by atoms with Gasteiger partial charge in [-0.15, -0.1) is 0 Å². The van der Waals surface area contributed by atoms with Crippen LogP contribution in [0.5, 0.6) is 11.5 Å². The molecule has 3 nitrogen and oxygen atoms in total. The Hall–Kier alpha value is -3.07. The minimum Gasteiger partial charge on any atom is -0.457 e. The maximum absolute atomic E-state index is 5.84. The zero-order valence-corrected chi connectivity index (χ0v) is 13.9. The number of nitrogens with zero attached hydrogens (tertiary/aromatic N) is 1. The molecule has 0 saturated heterocycles. The molecule has 0 atom stereocenters. The molecule has 0 aliphatic carbocycles. The number of aryl methyl sites for hydroxylation is 2. The molecule has 3 aromatic carbocycles. The second-order valence-electron chi connectivity index (χ2n) is 5.72. The normalized spacial score (nSPS) is 10.8. The second kappa shape index (κ2) is 7.47. The summed E-state index contributed by atoms with van der Waals surface area (Å²) in [7, 11) is 0. The van der Waals surface area contributed by atoms with Crippen molar-refractivity contribution in [1.29, 1.82) is 0 Å². The van der Waals surface area contributed by atoms with Crippen molar-refractivity contribution < 1.29 is 4.74 Å². The molecule has 0 radical (unpaired) electrons. The molecule has 0 aromatic heterocycles. The number of hydrazone groups is 1. The van der Waals surface area contributed by atoms with Gasteiger partial charge in [-0.25, -0.2) is 0 Å². The molecular formula is C21H20N2O. The van der Waals surface area contributed by atoms with Crippen LogP contribution in [0.4, 0.5) is 5.69 Å². The van der Waals surface area contributed by atoms with Gasteiger partial charge in [0, 0.05) is 0 Å². The van der Waals surface area contributed by atoms with E-state index in [2.05, 4.69) is 29.6 Å². The molecule has 3 aromatic rings. The van der Waals surface area contributed by atoms with Crippen molar-refractivity contribution in [3.05, 3.63) is 89.5 Å². The van der Waals surface area contributed by atoms with Crippen molar-refractivity contribution in [2.45, 2.75) is 13.8 Å². The van der Waals surface area contributed by atoms with Crippen LogP contribution in [0.3, 0.4) is 0 Å². The number of hydrogen-bond acceptors (Lipinski definition) is 3. The molecule has 0 saturated carbocycles. The first-order valence-electron chi connectivity index (χ1n) is 7.89. The van der Waals surface area contributed by atoms with Gasteiger partial charge in [-0.05, 0) is 73.5 Å². The van der Waals surface area contributed by atoms with E-state index < -0.39 is 0 Å². The van der Waals surface area contributed by atoms with Crippen LogP contribution in [0.2, 0.25) is 0 Å². The summed E-state index contributed by atoms with van der Waals surface area (Å²) in [5.41, 5.74) is 7.40. The van der Waals surface area contributed by atoms with Gasteiger partial charge in [0.25, 0.3) is 0 Å². The Bertz CT molecular complexity index is 821. The quantitative estimate of drug-likeness (QED) is 0.495. The van der Waals surface area contributed by atoms with Crippen molar-refractivity contribution in [2.75, 3.05) is 5.43 Å². The summed E-state index contributed by atoms with van der Waals surface area (Å²) in [4.78, 5) is 0. The van der Waals surface area contributed by atoms with Crippen LogP contribution in [0.1, 0.15) is 16.7 Å². The summed E-state index contributed by atoms with van der Waals surface area (Å²) in [5.74, 6) is 1.65. The van der Waals surface area contributed by atoms with E-state index in [-0.39, 0.29) is 0 Å². The lowest BCUT2D eigenvalue weighted by Gasteiger charge is -2.06. The van der Waals surface area contributed by atoms with E-state index in [9.17, 15) is 0 Å². The van der Waals surface area contributed by atoms with Crippen LogP contribution in [-0.4, -0.2) is 6.21 Å². The third-order valence-corrected chi connectivity index (χ3v) is 3.56. The van der Waals surface area contributed by atoms with Gasteiger partial charge in [-0.1, -0.05) is 29.8 Å². The maximum Gasteiger partial charge on any atom is 0.127 e. The summed E-state index contributed by atoms with van der Waals surface area (Å²) >= 11 is 0. The van der Waals surface area contributed by atoms with Crippen LogP contribution < -0.4 is 10.2 Å². The monoisotopic (exact) mass is 316 g/mol. The molecule has 1 N–H and O–H groups in total. The summed E-state index contributed by atoms with van der Waals surface area (Å²) in [5, 5.41) is 4.25. The largest absolute Gasteiger partial charge is 0.457 e. The van der Waals surface area contributed by atoms with E-state index in [0.717, 1.165) is 22.7 Å². The second-order valence-corrected chi connectivity index (χ2v) is 5.72. The van der Waals surface area contributed by atoms with Gasteiger partial charge in [-0.2, -0.15) is 5.10 Å². The van der Waals surface area contributed by atoms with Gasteiger partial charge in [0.05, 0.1) is 11.9 Å². The van der Waals surface area contributed by atoms with Crippen LogP contribution in [0.25, 0.3) is 0 Å². The third-order valence-electron chi connectivity index (χ3n) is 3.56. The van der Waals surface area contributed by atoms with Gasteiger partial charge < -0.3 is 4.74 Å². The Kier molecular flexibility index (Phi) is 4.92. The standard InChI is InChI=1S/C21H20N2O/c1-16-6-10-19(11-7-16)23-22-15-18-8-12-20(13-9-18)24-21-5-3-4-17(2)14-21/h3-15,23H,1-2H3. The van der Waals surface area contributed by atoms with Crippen molar-refractivity contribution in [1.82, 2.24) is 0 Å². The smallest absolute Gasteiger partial charge is 0.127 e. The molecule has 0 amide bonds. The van der Waals surface area contributed by atoms with Gasteiger partial charge in [0.1, 0.15) is 11.5 Å². The highest BCUT2D eigenvalue weighted by atomic mass is 16.5. The SMILES string of the molecule is Cc1ccc(NN=Cc2ccc(Oc3cccc(C)c3)cc2)cc1. The molecule has 0 bridgehead atoms. The fourth-order valence-corrected chi connectivity index (χ4v) is 2.25. The van der Waals surface area contributed by atoms with Crippen LogP contribution in [0, 0.1) is 13.8 Å². The lowest BCUT2D eigenvalue weighted by molar-refractivity contribution is 0.482. The summed E-state index contributed by atoms with van der Waals surface area (Å²) in [6.07, 6.45) is 1.79. The minimum atomic E-state index is 0.809. The summed E-state index contributed by atoms with van der Waals surface area (Å²) in [6, 6.07) is 24.0. The molecule has 0 spiro atoms. The number of benzene rings is 3. The Balaban J connectivity index is 1.59. The zero-order valence-electron chi connectivity index (χ0n) is 13.9. The minimum absolute atomic E-state index is 0.809. The van der Waals surface area contributed by atoms with E-state index in [1.165, 1.54) is 11.1 Å². The molecule has 24 heavy (non-hydrogen) atoms. The third kappa shape index (κ3) is 4.46. The predicted molar refractivity (Wildman–Crippen MR) is 100 cm³/mol. The number of anilines is 1. The zero-order chi connectivity index (χ0) is 16.8. The first-order valence-corrected chi connectivity index (χ1v) is 7.89. The predicted octanol–water partition coefficient (Wildman–Crippen LogP) is 5.54. The summed E-state index contributed by atoms with van der Waals surface area (Å²) in [6.45, 7) is 4.11. The number of hydrogen-bond donors (Lipinski definition) is 1. The molecular weight excluding hydrogens is 296 g/mol. The Morgan fingerprint density at radius 1 is 0.792 bits per heavy atom. The van der Waals surface area contributed by atoms with Crippen LogP contribution in [-0.2, 0) is 0 Å². The van der Waals surface area contributed by atoms with Crippen LogP contribution >= 0.6 is 0 Å². The molecule has 0 aliphatic heterocycles. The molecule has 0 heterocycles. The van der Waals surface area contributed by atoms with Gasteiger partial charge in [0.15, 0.2) is 0 Å². The lowest BCUT2D eigenvalue weighted by atomic mass is 10.2. The molecule has 0 unspecified atom stereocenters. The van der Waals surface area contributed by atoms with E-state index >= 15 is 0 Å². The van der Waals surface area contributed by atoms with Crippen LogP contribution in [0.15, 0.2) is 77.9 Å². The van der Waals surface area contributed by atoms with Crippen molar-refractivity contribution in [3.63, 3.8) is 0 Å². The Morgan fingerprint density at radius 3 is 2.25 bits per heavy atom.